The van der Waals surface area contributed by atoms with Crippen molar-refractivity contribution < 1.29 is 9.90 Å². The van der Waals surface area contributed by atoms with Crippen molar-refractivity contribution in [1.29, 1.82) is 0 Å². The van der Waals surface area contributed by atoms with Gasteiger partial charge >= 0.3 is 5.97 Å². The SMILES string of the molecule is Cc1nnn2c(C(=O)O)ccnc12. The first kappa shape index (κ1) is 7.66. The van der Waals surface area contributed by atoms with Gasteiger partial charge in [0.05, 0.1) is 0 Å². The van der Waals surface area contributed by atoms with Crippen LogP contribution in [0.1, 0.15) is 16.2 Å². The predicted molar refractivity (Wildman–Crippen MR) is 42.5 cm³/mol. The van der Waals surface area contributed by atoms with Crippen LogP contribution < -0.4 is 0 Å². The number of aryl methyl sites for hydroxylation is 1. The van der Waals surface area contributed by atoms with Crippen LogP contribution in [0, 0.1) is 6.92 Å². The minimum absolute atomic E-state index is 0.0607. The van der Waals surface area contributed by atoms with E-state index in [0.717, 1.165) is 0 Å². The maximum Gasteiger partial charge on any atom is 0.354 e. The molecule has 13 heavy (non-hydrogen) atoms. The second-order valence-electron chi connectivity index (χ2n) is 2.55. The van der Waals surface area contributed by atoms with Crippen molar-refractivity contribution in [2.45, 2.75) is 6.92 Å². The van der Waals surface area contributed by atoms with Gasteiger partial charge in [-0.25, -0.2) is 9.78 Å². The average molecular weight is 178 g/mol. The summed E-state index contributed by atoms with van der Waals surface area (Å²) in [5.74, 6) is -1.04. The Morgan fingerprint density at radius 2 is 2.38 bits per heavy atom. The van der Waals surface area contributed by atoms with Crippen molar-refractivity contribution >= 4 is 11.6 Å². The van der Waals surface area contributed by atoms with E-state index >= 15 is 0 Å². The van der Waals surface area contributed by atoms with Gasteiger partial charge in [-0.2, -0.15) is 4.52 Å². The van der Waals surface area contributed by atoms with E-state index in [1.807, 2.05) is 0 Å². The van der Waals surface area contributed by atoms with Gasteiger partial charge < -0.3 is 5.11 Å². The van der Waals surface area contributed by atoms with Crippen LogP contribution in [0.25, 0.3) is 5.65 Å². The van der Waals surface area contributed by atoms with Gasteiger partial charge in [-0.1, -0.05) is 5.21 Å². The highest BCUT2D eigenvalue weighted by atomic mass is 16.4. The van der Waals surface area contributed by atoms with E-state index < -0.39 is 5.97 Å². The molecule has 0 saturated carbocycles. The Labute approximate surface area is 72.8 Å². The number of aromatic carboxylic acids is 1. The summed E-state index contributed by atoms with van der Waals surface area (Å²) in [5, 5.41) is 16.2. The van der Waals surface area contributed by atoms with Gasteiger partial charge in [0.1, 0.15) is 5.69 Å². The van der Waals surface area contributed by atoms with E-state index in [4.69, 9.17) is 5.11 Å². The van der Waals surface area contributed by atoms with Crippen LogP contribution in [0.5, 0.6) is 0 Å². The molecular formula is C7H6N4O2. The molecule has 0 unspecified atom stereocenters. The fourth-order valence-corrected chi connectivity index (χ4v) is 1.07. The minimum atomic E-state index is -1.04. The molecule has 0 aromatic carbocycles. The smallest absolute Gasteiger partial charge is 0.354 e. The van der Waals surface area contributed by atoms with E-state index in [2.05, 4.69) is 15.3 Å². The van der Waals surface area contributed by atoms with Gasteiger partial charge in [0.2, 0.25) is 0 Å². The zero-order valence-corrected chi connectivity index (χ0v) is 6.80. The molecule has 2 heterocycles. The van der Waals surface area contributed by atoms with Gasteiger partial charge in [-0.05, 0) is 13.0 Å². The molecule has 0 aliphatic carbocycles. The van der Waals surface area contributed by atoms with E-state index in [0.29, 0.717) is 11.3 Å². The normalized spacial score (nSPS) is 10.5. The Balaban J connectivity index is 2.84. The lowest BCUT2D eigenvalue weighted by atomic mass is 10.4. The van der Waals surface area contributed by atoms with Gasteiger partial charge in [0.15, 0.2) is 11.3 Å². The highest BCUT2D eigenvalue weighted by Crippen LogP contribution is 2.05. The molecule has 0 atom stereocenters. The van der Waals surface area contributed by atoms with Crippen LogP contribution in [0.15, 0.2) is 12.3 Å². The minimum Gasteiger partial charge on any atom is -0.477 e. The summed E-state index contributed by atoms with van der Waals surface area (Å²) in [6.07, 6.45) is 1.43. The van der Waals surface area contributed by atoms with Crippen molar-refractivity contribution in [3.05, 3.63) is 23.7 Å². The molecule has 0 aliphatic rings. The first-order valence-corrected chi connectivity index (χ1v) is 3.60. The van der Waals surface area contributed by atoms with E-state index in [1.165, 1.54) is 16.8 Å². The molecule has 6 heteroatoms. The largest absolute Gasteiger partial charge is 0.477 e. The Morgan fingerprint density at radius 3 is 3.08 bits per heavy atom. The Morgan fingerprint density at radius 1 is 1.62 bits per heavy atom. The second-order valence-corrected chi connectivity index (χ2v) is 2.55. The molecule has 2 rings (SSSR count). The average Bonchev–Trinajstić information content (AvgIpc) is 2.48. The number of carboxylic acids is 1. The van der Waals surface area contributed by atoms with Crippen LogP contribution in [0.3, 0.4) is 0 Å². The molecule has 0 bridgehead atoms. The molecule has 0 fully saturated rings. The molecule has 66 valence electrons. The number of carboxylic acid groups (broad SMARTS) is 1. The fourth-order valence-electron chi connectivity index (χ4n) is 1.07. The quantitative estimate of drug-likeness (QED) is 0.671. The van der Waals surface area contributed by atoms with Crippen LogP contribution in [-0.4, -0.2) is 30.9 Å². The van der Waals surface area contributed by atoms with E-state index in [1.54, 1.807) is 6.92 Å². The summed E-state index contributed by atoms with van der Waals surface area (Å²) in [7, 11) is 0. The summed E-state index contributed by atoms with van der Waals surface area (Å²) >= 11 is 0. The van der Waals surface area contributed by atoms with Gasteiger partial charge in [0.25, 0.3) is 0 Å². The van der Waals surface area contributed by atoms with Crippen LogP contribution in [0.4, 0.5) is 0 Å². The van der Waals surface area contributed by atoms with E-state index in [9.17, 15) is 4.79 Å². The van der Waals surface area contributed by atoms with E-state index in [-0.39, 0.29) is 5.69 Å². The summed E-state index contributed by atoms with van der Waals surface area (Å²) in [6, 6.07) is 1.38. The van der Waals surface area contributed by atoms with Crippen molar-refractivity contribution in [2.75, 3.05) is 0 Å². The number of hydrogen-bond acceptors (Lipinski definition) is 4. The van der Waals surface area contributed by atoms with Crippen LogP contribution >= 0.6 is 0 Å². The second kappa shape index (κ2) is 2.51. The number of aromatic nitrogens is 4. The fraction of sp³-hybridized carbons (Fsp3) is 0.143. The zero-order valence-electron chi connectivity index (χ0n) is 6.80. The van der Waals surface area contributed by atoms with Crippen LogP contribution in [-0.2, 0) is 0 Å². The third kappa shape index (κ3) is 1.03. The molecular weight excluding hydrogens is 172 g/mol. The van der Waals surface area contributed by atoms with Gasteiger partial charge in [-0.3, -0.25) is 0 Å². The molecule has 2 aromatic rings. The molecule has 6 nitrogen and oxygen atoms in total. The number of fused-ring (bicyclic) bond motifs is 1. The topological polar surface area (TPSA) is 80.4 Å². The number of carbonyl (C=O) groups is 1. The first-order chi connectivity index (χ1) is 6.20. The lowest BCUT2D eigenvalue weighted by molar-refractivity contribution is 0.0687. The summed E-state index contributed by atoms with van der Waals surface area (Å²) in [5.41, 5.74) is 1.15. The predicted octanol–water partition coefficient (Wildman–Crippen LogP) is 0.131. The summed E-state index contributed by atoms with van der Waals surface area (Å²) in [6.45, 7) is 1.72. The number of nitrogens with zero attached hydrogens (tertiary/aromatic N) is 4. The lowest BCUT2D eigenvalue weighted by Crippen LogP contribution is -2.06. The third-order valence-electron chi connectivity index (χ3n) is 1.68. The zero-order chi connectivity index (χ0) is 9.42. The Hall–Kier alpha value is -1.98. The molecule has 0 saturated heterocycles. The Kier molecular flexibility index (Phi) is 1.48. The molecule has 0 amide bonds. The summed E-state index contributed by atoms with van der Waals surface area (Å²) < 4.78 is 1.21. The van der Waals surface area contributed by atoms with Crippen LogP contribution in [0.2, 0.25) is 0 Å². The first-order valence-electron chi connectivity index (χ1n) is 3.60. The molecule has 1 N–H and O–H groups in total. The van der Waals surface area contributed by atoms with Crippen molar-refractivity contribution in [3.8, 4) is 0 Å². The standard InChI is InChI=1S/C7H6N4O2/c1-4-6-8-3-2-5(7(12)13)11(6)10-9-4/h2-3H,1H3,(H,12,13). The molecule has 0 aliphatic heterocycles. The maximum atomic E-state index is 10.7. The lowest BCUT2D eigenvalue weighted by Gasteiger charge is -1.95. The highest BCUT2D eigenvalue weighted by molar-refractivity contribution is 5.86. The molecule has 0 radical (unpaired) electrons. The van der Waals surface area contributed by atoms with Crippen molar-refractivity contribution in [1.82, 2.24) is 19.8 Å². The maximum absolute atomic E-state index is 10.7. The molecule has 0 spiro atoms. The van der Waals surface area contributed by atoms with Crippen molar-refractivity contribution in [3.63, 3.8) is 0 Å². The van der Waals surface area contributed by atoms with Crippen molar-refractivity contribution in [2.24, 2.45) is 0 Å². The van der Waals surface area contributed by atoms with Gasteiger partial charge in [-0.15, -0.1) is 5.10 Å². The summed E-state index contributed by atoms with van der Waals surface area (Å²) in [4.78, 5) is 14.7. The van der Waals surface area contributed by atoms with Gasteiger partial charge in [0, 0.05) is 6.20 Å². The number of rotatable bonds is 1. The number of hydrogen-bond donors (Lipinski definition) is 1. The Bertz CT molecular complexity index is 476. The highest BCUT2D eigenvalue weighted by Gasteiger charge is 2.11. The molecule has 2 aromatic heterocycles. The third-order valence-corrected chi connectivity index (χ3v) is 1.68. The monoisotopic (exact) mass is 178 g/mol.